The maximum absolute atomic E-state index is 11.9. The number of hydrogen-bond acceptors (Lipinski definition) is 5. The molecule has 2 N–H and O–H groups in total. The molecule has 0 saturated heterocycles. The molecule has 8 heteroatoms. The van der Waals surface area contributed by atoms with E-state index in [2.05, 4.69) is 5.32 Å². The largest absolute Gasteiger partial charge is 0.493 e. The van der Waals surface area contributed by atoms with Gasteiger partial charge in [-0.15, -0.1) is 0 Å². The third-order valence-electron chi connectivity index (χ3n) is 3.78. The number of ether oxygens (including phenoxy) is 2. The van der Waals surface area contributed by atoms with Crippen molar-refractivity contribution in [2.45, 2.75) is 45.6 Å². The zero-order valence-corrected chi connectivity index (χ0v) is 16.4. The minimum Gasteiger partial charge on any atom is -0.493 e. The van der Waals surface area contributed by atoms with Crippen molar-refractivity contribution in [3.8, 4) is 5.75 Å². The fourth-order valence-electron chi connectivity index (χ4n) is 2.52. The Morgan fingerprint density at radius 1 is 1.14 bits per heavy atom. The summed E-state index contributed by atoms with van der Waals surface area (Å²) >= 11 is 0. The van der Waals surface area contributed by atoms with Gasteiger partial charge >= 0.3 is 12.1 Å². The van der Waals surface area contributed by atoms with Crippen LogP contribution in [0, 0.1) is 0 Å². The van der Waals surface area contributed by atoms with Gasteiger partial charge in [-0.2, -0.15) is 0 Å². The van der Waals surface area contributed by atoms with Gasteiger partial charge in [0, 0.05) is 24.9 Å². The number of fused-ring (bicyclic) bond motifs is 1. The molecule has 2 aromatic heterocycles. The van der Waals surface area contributed by atoms with Crippen LogP contribution in [0.3, 0.4) is 0 Å². The van der Waals surface area contributed by atoms with Crippen molar-refractivity contribution in [3.05, 3.63) is 46.4 Å². The monoisotopic (exact) mass is 390 g/mol. The minimum atomic E-state index is -1.15. The van der Waals surface area contributed by atoms with E-state index in [9.17, 15) is 14.4 Å². The third kappa shape index (κ3) is 6.61. The Balaban J connectivity index is 1.76. The van der Waals surface area contributed by atoms with Crippen LogP contribution in [0.4, 0.5) is 4.79 Å². The predicted molar refractivity (Wildman–Crippen MR) is 104 cm³/mol. The molecule has 0 atom stereocenters. The quantitative estimate of drug-likeness (QED) is 0.671. The lowest BCUT2D eigenvalue weighted by Gasteiger charge is -2.19. The second-order valence-corrected chi connectivity index (χ2v) is 7.38. The van der Waals surface area contributed by atoms with Crippen molar-refractivity contribution < 1.29 is 24.2 Å². The lowest BCUT2D eigenvalue weighted by molar-refractivity contribution is 0.0526. The second-order valence-electron chi connectivity index (χ2n) is 7.38. The van der Waals surface area contributed by atoms with Crippen LogP contribution < -0.4 is 15.6 Å². The molecule has 0 aromatic carbocycles. The molecular weight excluding hydrogens is 364 g/mol. The summed E-state index contributed by atoms with van der Waals surface area (Å²) in [5.41, 5.74) is -0.503. The summed E-state index contributed by atoms with van der Waals surface area (Å²) in [4.78, 5) is 34.5. The summed E-state index contributed by atoms with van der Waals surface area (Å²) in [7, 11) is 0. The number of alkyl carbamates (subject to hydrolysis) is 1. The third-order valence-corrected chi connectivity index (χ3v) is 3.78. The van der Waals surface area contributed by atoms with Crippen molar-refractivity contribution in [1.29, 1.82) is 0 Å². The van der Waals surface area contributed by atoms with Gasteiger partial charge in [0.05, 0.1) is 17.7 Å². The van der Waals surface area contributed by atoms with E-state index >= 15 is 0 Å². The average Bonchev–Trinajstić information content (AvgIpc) is 2.59. The summed E-state index contributed by atoms with van der Waals surface area (Å²) < 4.78 is 12.2. The molecule has 0 aliphatic heterocycles. The van der Waals surface area contributed by atoms with E-state index in [-0.39, 0.29) is 5.56 Å². The average molecular weight is 390 g/mol. The van der Waals surface area contributed by atoms with Crippen molar-refractivity contribution in [3.63, 3.8) is 0 Å². The summed E-state index contributed by atoms with van der Waals surface area (Å²) in [6, 6.07) is 5.82. The van der Waals surface area contributed by atoms with Crippen molar-refractivity contribution in [2.24, 2.45) is 0 Å². The number of nitrogens with zero attached hydrogens (tertiary/aromatic N) is 1. The predicted octanol–water partition coefficient (Wildman–Crippen LogP) is 3.07. The topological polar surface area (TPSA) is 106 Å². The van der Waals surface area contributed by atoms with E-state index in [1.807, 2.05) is 20.8 Å². The molecule has 2 heterocycles. The number of aromatic carboxylic acids is 1. The summed E-state index contributed by atoms with van der Waals surface area (Å²) in [5, 5.41) is 11.8. The number of rotatable bonds is 8. The van der Waals surface area contributed by atoms with Crippen LogP contribution in [0.1, 0.15) is 50.4 Å². The van der Waals surface area contributed by atoms with E-state index in [0.717, 1.165) is 25.3 Å². The first-order valence-electron chi connectivity index (χ1n) is 9.15. The summed E-state index contributed by atoms with van der Waals surface area (Å²) in [6.45, 7) is 6.46. The molecule has 1 amide bonds. The molecule has 152 valence electrons. The van der Waals surface area contributed by atoms with Crippen LogP contribution >= 0.6 is 0 Å². The Labute approximate surface area is 163 Å². The van der Waals surface area contributed by atoms with Crippen LogP contribution in [-0.2, 0) is 4.74 Å². The van der Waals surface area contributed by atoms with Crippen LogP contribution in [0.25, 0.3) is 5.52 Å². The van der Waals surface area contributed by atoms with Crippen LogP contribution in [0.2, 0.25) is 0 Å². The highest BCUT2D eigenvalue weighted by Crippen LogP contribution is 2.15. The van der Waals surface area contributed by atoms with Crippen LogP contribution in [0.15, 0.2) is 35.3 Å². The van der Waals surface area contributed by atoms with E-state index in [4.69, 9.17) is 14.6 Å². The molecule has 2 rings (SSSR count). The van der Waals surface area contributed by atoms with E-state index < -0.39 is 23.2 Å². The molecule has 0 aliphatic carbocycles. The number of carboxylic acids is 1. The van der Waals surface area contributed by atoms with E-state index in [1.54, 1.807) is 18.3 Å². The minimum absolute atomic E-state index is 0.0559. The zero-order chi connectivity index (χ0) is 20.7. The molecule has 0 saturated carbocycles. The number of nitrogens with one attached hydrogen (secondary N) is 1. The van der Waals surface area contributed by atoms with Gasteiger partial charge < -0.3 is 19.9 Å². The van der Waals surface area contributed by atoms with Gasteiger partial charge in [-0.05, 0) is 52.2 Å². The van der Waals surface area contributed by atoms with Crippen molar-refractivity contribution in [2.75, 3.05) is 13.2 Å². The SMILES string of the molecule is CC(C)(C)OC(=O)NCCCCCOc1ccn2c(=O)cc(C(=O)O)cc2c1. The number of carbonyl (C=O) groups excluding carboxylic acids is 1. The first kappa shape index (κ1) is 21.3. The first-order valence-corrected chi connectivity index (χ1v) is 9.15. The number of carboxylic acid groups (broad SMARTS) is 1. The molecule has 0 spiro atoms. The number of aromatic nitrogens is 1. The maximum atomic E-state index is 11.9. The number of hydrogen-bond donors (Lipinski definition) is 2. The van der Waals surface area contributed by atoms with E-state index in [1.165, 1.54) is 10.5 Å². The van der Waals surface area contributed by atoms with Gasteiger partial charge in [0.2, 0.25) is 0 Å². The highest BCUT2D eigenvalue weighted by molar-refractivity contribution is 5.89. The Morgan fingerprint density at radius 2 is 1.89 bits per heavy atom. The fraction of sp³-hybridized carbons (Fsp3) is 0.450. The Hall–Kier alpha value is -3.03. The first-order chi connectivity index (χ1) is 13.2. The molecule has 2 aromatic rings. The smallest absolute Gasteiger partial charge is 0.407 e. The molecular formula is C20H26N2O6. The highest BCUT2D eigenvalue weighted by Gasteiger charge is 2.15. The molecule has 8 nitrogen and oxygen atoms in total. The zero-order valence-electron chi connectivity index (χ0n) is 16.4. The fourth-order valence-corrected chi connectivity index (χ4v) is 2.52. The number of unbranched alkanes of at least 4 members (excludes halogenated alkanes) is 2. The van der Waals surface area contributed by atoms with Gasteiger partial charge in [-0.1, -0.05) is 0 Å². The van der Waals surface area contributed by atoms with Gasteiger partial charge in [-0.25, -0.2) is 9.59 Å². The summed E-state index contributed by atoms with van der Waals surface area (Å²) in [5.74, 6) is -0.584. The van der Waals surface area contributed by atoms with Crippen molar-refractivity contribution >= 4 is 17.6 Å². The van der Waals surface area contributed by atoms with Gasteiger partial charge in [0.25, 0.3) is 5.56 Å². The number of carbonyl (C=O) groups is 2. The Kier molecular flexibility index (Phi) is 7.03. The Bertz CT molecular complexity index is 898. The normalized spacial score (nSPS) is 11.2. The van der Waals surface area contributed by atoms with E-state index in [0.29, 0.717) is 24.4 Å². The number of amides is 1. The molecule has 0 radical (unpaired) electrons. The molecule has 0 bridgehead atoms. The maximum Gasteiger partial charge on any atom is 0.407 e. The van der Waals surface area contributed by atoms with Crippen LogP contribution in [-0.4, -0.2) is 40.3 Å². The second kappa shape index (κ2) is 9.25. The summed E-state index contributed by atoms with van der Waals surface area (Å²) in [6.07, 6.45) is 3.60. The molecule has 28 heavy (non-hydrogen) atoms. The highest BCUT2D eigenvalue weighted by atomic mass is 16.6. The standard InChI is InChI=1S/C20H26N2O6/c1-20(2,3)28-19(26)21-8-5-4-6-10-27-16-7-9-22-15(13-16)11-14(18(24)25)12-17(22)23/h7,9,11-13H,4-6,8,10H2,1-3H3,(H,21,26)(H,24,25). The van der Waals surface area contributed by atoms with Gasteiger partial charge in [-0.3, -0.25) is 9.20 Å². The van der Waals surface area contributed by atoms with Gasteiger partial charge in [0.15, 0.2) is 0 Å². The van der Waals surface area contributed by atoms with Crippen molar-refractivity contribution in [1.82, 2.24) is 9.72 Å². The Morgan fingerprint density at radius 3 is 2.57 bits per heavy atom. The van der Waals surface area contributed by atoms with Gasteiger partial charge in [0.1, 0.15) is 11.4 Å². The molecule has 0 aliphatic rings. The lowest BCUT2D eigenvalue weighted by Crippen LogP contribution is -2.33. The van der Waals surface area contributed by atoms with Crippen LogP contribution in [0.5, 0.6) is 5.75 Å². The molecule has 0 fully saturated rings. The number of pyridine rings is 2. The lowest BCUT2D eigenvalue weighted by atomic mass is 10.2. The molecule has 0 unspecified atom stereocenters.